The molecule has 1 N–H and O–H groups in total. The SMILES string of the molecule is O=C(Nc1ccccn1)c1ccc(Cl)c(S(=O)(=O)N(Cc2ccccc2)c2ccccc2)c1. The van der Waals surface area contributed by atoms with Crippen molar-refractivity contribution in [3.63, 3.8) is 0 Å². The summed E-state index contributed by atoms with van der Waals surface area (Å²) in [5, 5.41) is 2.68. The van der Waals surface area contributed by atoms with Crippen LogP contribution in [0.5, 0.6) is 0 Å². The monoisotopic (exact) mass is 477 g/mol. The van der Waals surface area contributed by atoms with E-state index in [0.29, 0.717) is 11.5 Å². The maximum absolute atomic E-state index is 13.8. The van der Waals surface area contributed by atoms with E-state index >= 15 is 0 Å². The number of hydrogen-bond acceptors (Lipinski definition) is 4. The van der Waals surface area contributed by atoms with Crippen molar-refractivity contribution < 1.29 is 13.2 Å². The highest BCUT2D eigenvalue weighted by atomic mass is 35.5. The van der Waals surface area contributed by atoms with Crippen LogP contribution in [0.3, 0.4) is 0 Å². The molecule has 1 amide bonds. The number of benzene rings is 3. The molecular formula is C25H20ClN3O3S. The number of aromatic nitrogens is 1. The van der Waals surface area contributed by atoms with Crippen LogP contribution in [0.1, 0.15) is 15.9 Å². The van der Waals surface area contributed by atoms with Gasteiger partial charge in [0.1, 0.15) is 10.7 Å². The van der Waals surface area contributed by atoms with Crippen LogP contribution in [-0.4, -0.2) is 19.3 Å². The van der Waals surface area contributed by atoms with Crippen molar-refractivity contribution >= 4 is 39.0 Å². The van der Waals surface area contributed by atoms with Crippen molar-refractivity contribution in [2.45, 2.75) is 11.4 Å². The minimum absolute atomic E-state index is 0.0263. The molecule has 1 aromatic heterocycles. The molecule has 0 spiro atoms. The van der Waals surface area contributed by atoms with Gasteiger partial charge in [0.25, 0.3) is 15.9 Å². The summed E-state index contributed by atoms with van der Waals surface area (Å²) < 4.78 is 28.9. The lowest BCUT2D eigenvalue weighted by Crippen LogP contribution is -2.31. The van der Waals surface area contributed by atoms with Gasteiger partial charge in [-0.3, -0.25) is 9.10 Å². The fourth-order valence-corrected chi connectivity index (χ4v) is 5.20. The first-order valence-electron chi connectivity index (χ1n) is 10.1. The zero-order valence-corrected chi connectivity index (χ0v) is 19.0. The number of rotatable bonds is 7. The van der Waals surface area contributed by atoms with Crippen LogP contribution in [0.25, 0.3) is 0 Å². The number of hydrogen-bond donors (Lipinski definition) is 1. The van der Waals surface area contributed by atoms with E-state index in [1.807, 2.05) is 36.4 Å². The Morgan fingerprint density at radius 2 is 1.55 bits per heavy atom. The van der Waals surface area contributed by atoms with Crippen LogP contribution in [-0.2, 0) is 16.6 Å². The molecule has 0 unspecified atom stereocenters. The van der Waals surface area contributed by atoms with Gasteiger partial charge < -0.3 is 5.32 Å². The lowest BCUT2D eigenvalue weighted by Gasteiger charge is -2.25. The normalized spacial score (nSPS) is 11.1. The number of amides is 1. The van der Waals surface area contributed by atoms with Gasteiger partial charge in [-0.2, -0.15) is 0 Å². The van der Waals surface area contributed by atoms with E-state index in [4.69, 9.17) is 11.6 Å². The van der Waals surface area contributed by atoms with Crippen molar-refractivity contribution in [3.8, 4) is 0 Å². The Labute approximate surface area is 197 Å². The average Bonchev–Trinajstić information content (AvgIpc) is 2.84. The van der Waals surface area contributed by atoms with E-state index in [2.05, 4.69) is 10.3 Å². The first kappa shape index (κ1) is 22.5. The number of nitrogens with one attached hydrogen (secondary N) is 1. The quantitative estimate of drug-likeness (QED) is 0.387. The molecule has 0 aliphatic heterocycles. The zero-order valence-electron chi connectivity index (χ0n) is 17.4. The Bertz CT molecular complexity index is 1350. The fraction of sp³-hybridized carbons (Fsp3) is 0.0400. The third-order valence-electron chi connectivity index (χ3n) is 4.88. The van der Waals surface area contributed by atoms with E-state index in [-0.39, 0.29) is 22.0 Å². The van der Waals surface area contributed by atoms with Gasteiger partial charge >= 0.3 is 0 Å². The van der Waals surface area contributed by atoms with Gasteiger partial charge in [0, 0.05) is 11.8 Å². The van der Waals surface area contributed by atoms with Crippen molar-refractivity contribution in [2.24, 2.45) is 0 Å². The molecule has 0 fully saturated rings. The molecule has 8 heteroatoms. The minimum Gasteiger partial charge on any atom is -0.307 e. The van der Waals surface area contributed by atoms with Crippen molar-refractivity contribution in [1.29, 1.82) is 0 Å². The minimum atomic E-state index is -4.11. The maximum Gasteiger partial charge on any atom is 0.266 e. The summed E-state index contributed by atoms with van der Waals surface area (Å²) in [5.41, 5.74) is 1.45. The van der Waals surface area contributed by atoms with Crippen LogP contribution in [0.15, 0.2) is 108 Å². The van der Waals surface area contributed by atoms with E-state index in [1.165, 1.54) is 22.5 Å². The van der Waals surface area contributed by atoms with Gasteiger partial charge in [-0.05, 0) is 48.0 Å². The summed E-state index contributed by atoms with van der Waals surface area (Å²) in [7, 11) is -4.11. The number of pyridine rings is 1. The highest BCUT2D eigenvalue weighted by Gasteiger charge is 2.28. The standard InChI is InChI=1S/C25H20ClN3O3S/c26-22-15-14-20(25(30)28-24-13-7-8-16-27-24)17-23(22)33(31,32)29(21-11-5-2-6-12-21)18-19-9-3-1-4-10-19/h1-17H,18H2,(H,27,28,30). The smallest absolute Gasteiger partial charge is 0.266 e. The number of nitrogens with zero attached hydrogens (tertiary/aromatic N) is 2. The Kier molecular flexibility index (Phi) is 6.72. The molecule has 6 nitrogen and oxygen atoms in total. The van der Waals surface area contributed by atoms with Gasteiger partial charge in [0.2, 0.25) is 0 Å². The summed E-state index contributed by atoms with van der Waals surface area (Å²) in [6.45, 7) is 0.105. The Hall–Kier alpha value is -3.68. The van der Waals surface area contributed by atoms with Crippen LogP contribution in [0.4, 0.5) is 11.5 Å². The molecule has 0 bridgehead atoms. The van der Waals surface area contributed by atoms with E-state index in [9.17, 15) is 13.2 Å². The van der Waals surface area contributed by atoms with Crippen LogP contribution < -0.4 is 9.62 Å². The first-order chi connectivity index (χ1) is 15.9. The summed E-state index contributed by atoms with van der Waals surface area (Å²) >= 11 is 6.33. The number of carbonyl (C=O) groups is 1. The molecule has 0 aliphatic rings. The third kappa shape index (κ3) is 5.22. The van der Waals surface area contributed by atoms with Crippen LogP contribution >= 0.6 is 11.6 Å². The van der Waals surface area contributed by atoms with Gasteiger partial charge in [0.15, 0.2) is 0 Å². The second-order valence-corrected chi connectivity index (χ2v) is 9.39. The largest absolute Gasteiger partial charge is 0.307 e. The maximum atomic E-state index is 13.8. The zero-order chi connectivity index (χ0) is 23.3. The second-order valence-electron chi connectivity index (χ2n) is 7.15. The highest BCUT2D eigenvalue weighted by molar-refractivity contribution is 7.93. The average molecular weight is 478 g/mol. The van der Waals surface area contributed by atoms with E-state index in [0.717, 1.165) is 5.56 Å². The lowest BCUT2D eigenvalue weighted by molar-refractivity contribution is 0.102. The third-order valence-corrected chi connectivity index (χ3v) is 7.14. The predicted octanol–water partition coefficient (Wildman–Crippen LogP) is 5.38. The van der Waals surface area contributed by atoms with Crippen molar-refractivity contribution in [1.82, 2.24) is 4.98 Å². The topological polar surface area (TPSA) is 79.4 Å². The molecule has 3 aromatic carbocycles. The summed E-state index contributed by atoms with van der Waals surface area (Å²) in [6.07, 6.45) is 1.55. The summed E-state index contributed by atoms with van der Waals surface area (Å²) in [4.78, 5) is 16.6. The number of para-hydroxylation sites is 1. The van der Waals surface area contributed by atoms with Gasteiger partial charge in [-0.15, -0.1) is 0 Å². The molecule has 0 radical (unpaired) electrons. The molecule has 0 saturated carbocycles. The molecule has 4 aromatic rings. The van der Waals surface area contributed by atoms with Crippen molar-refractivity contribution in [3.05, 3.63) is 119 Å². The predicted molar refractivity (Wildman–Crippen MR) is 130 cm³/mol. The van der Waals surface area contributed by atoms with Gasteiger partial charge in [-0.1, -0.05) is 66.2 Å². The van der Waals surface area contributed by atoms with E-state index in [1.54, 1.807) is 48.7 Å². The number of carbonyl (C=O) groups excluding carboxylic acids is 1. The highest BCUT2D eigenvalue weighted by Crippen LogP contribution is 2.31. The lowest BCUT2D eigenvalue weighted by atomic mass is 10.2. The molecule has 166 valence electrons. The Morgan fingerprint density at radius 1 is 0.879 bits per heavy atom. The number of halogens is 1. The number of anilines is 2. The van der Waals surface area contributed by atoms with Crippen LogP contribution in [0, 0.1) is 0 Å². The fourth-order valence-electron chi connectivity index (χ4n) is 3.24. The molecule has 33 heavy (non-hydrogen) atoms. The molecule has 4 rings (SSSR count). The van der Waals surface area contributed by atoms with Crippen LogP contribution in [0.2, 0.25) is 5.02 Å². The number of sulfonamides is 1. The molecule has 0 saturated heterocycles. The second kappa shape index (κ2) is 9.85. The van der Waals surface area contributed by atoms with Gasteiger partial charge in [-0.25, -0.2) is 13.4 Å². The Balaban J connectivity index is 1.73. The summed E-state index contributed by atoms with van der Waals surface area (Å²) in [6, 6.07) is 27.3. The first-order valence-corrected chi connectivity index (χ1v) is 11.9. The molecule has 0 atom stereocenters. The van der Waals surface area contributed by atoms with Gasteiger partial charge in [0.05, 0.1) is 17.3 Å². The van der Waals surface area contributed by atoms with Crippen molar-refractivity contribution in [2.75, 3.05) is 9.62 Å². The molecule has 0 aliphatic carbocycles. The van der Waals surface area contributed by atoms with E-state index < -0.39 is 15.9 Å². The molecule has 1 heterocycles. The summed E-state index contributed by atoms with van der Waals surface area (Å²) in [5.74, 6) is -0.131. The Morgan fingerprint density at radius 3 is 2.21 bits per heavy atom. The molecular weight excluding hydrogens is 458 g/mol.